The van der Waals surface area contributed by atoms with Gasteiger partial charge >= 0.3 is 0 Å². The molecule has 0 aliphatic carbocycles. The molecule has 0 N–H and O–H groups in total. The van der Waals surface area contributed by atoms with Crippen LogP contribution >= 0.6 is 11.8 Å². The van der Waals surface area contributed by atoms with Crippen LogP contribution in [0.15, 0.2) is 64.1 Å². The number of methoxy groups -OCH3 is 1. The van der Waals surface area contributed by atoms with Gasteiger partial charge in [-0.05, 0) is 43.2 Å². The molecular formula is C22H20N2O2S. The SMILES string of the molecule is COc1ccc2c(-c3ccccc3)cc(SCc3c(C)noc3C)nc2c1. The van der Waals surface area contributed by atoms with Gasteiger partial charge in [0.1, 0.15) is 11.5 Å². The Hall–Kier alpha value is -2.79. The zero-order valence-corrected chi connectivity index (χ0v) is 16.3. The number of hydrogen-bond donors (Lipinski definition) is 0. The molecule has 2 heterocycles. The molecule has 0 aliphatic rings. The topological polar surface area (TPSA) is 48.2 Å². The summed E-state index contributed by atoms with van der Waals surface area (Å²) in [7, 11) is 1.68. The average Bonchev–Trinajstić information content (AvgIpc) is 3.03. The van der Waals surface area contributed by atoms with Crippen LogP contribution in [-0.2, 0) is 5.75 Å². The standard InChI is InChI=1S/C22H20N2O2S/c1-14-20(15(2)26-24-14)13-27-22-12-19(16-7-5-4-6-8-16)18-10-9-17(25-3)11-21(18)23-22/h4-12H,13H2,1-3H3. The quantitative estimate of drug-likeness (QED) is 0.412. The predicted molar refractivity (Wildman–Crippen MR) is 109 cm³/mol. The lowest BCUT2D eigenvalue weighted by Crippen LogP contribution is -1.91. The number of thioether (sulfide) groups is 1. The zero-order chi connectivity index (χ0) is 18.8. The van der Waals surface area contributed by atoms with E-state index in [4.69, 9.17) is 14.2 Å². The van der Waals surface area contributed by atoms with Gasteiger partial charge in [0, 0.05) is 22.8 Å². The molecule has 2 aromatic carbocycles. The summed E-state index contributed by atoms with van der Waals surface area (Å²) in [6.45, 7) is 3.92. The molecule has 0 spiro atoms. The molecule has 4 rings (SSSR count). The predicted octanol–water partition coefficient (Wildman–Crippen LogP) is 5.81. The van der Waals surface area contributed by atoms with E-state index in [1.54, 1.807) is 18.9 Å². The number of ether oxygens (including phenoxy) is 1. The number of rotatable bonds is 5. The second kappa shape index (κ2) is 7.45. The van der Waals surface area contributed by atoms with Crippen LogP contribution in [0.1, 0.15) is 17.0 Å². The summed E-state index contributed by atoms with van der Waals surface area (Å²) in [6, 6.07) is 18.6. The van der Waals surface area contributed by atoms with Crippen molar-refractivity contribution < 1.29 is 9.26 Å². The van der Waals surface area contributed by atoms with E-state index in [-0.39, 0.29) is 0 Å². The largest absolute Gasteiger partial charge is 0.497 e. The molecule has 5 heteroatoms. The van der Waals surface area contributed by atoms with E-state index in [1.165, 1.54) is 11.1 Å². The van der Waals surface area contributed by atoms with Crippen molar-refractivity contribution in [3.8, 4) is 16.9 Å². The van der Waals surface area contributed by atoms with Crippen LogP contribution in [0.25, 0.3) is 22.0 Å². The summed E-state index contributed by atoms with van der Waals surface area (Å²) in [5.41, 5.74) is 5.34. The highest BCUT2D eigenvalue weighted by Gasteiger charge is 2.13. The van der Waals surface area contributed by atoms with Crippen LogP contribution in [0.2, 0.25) is 0 Å². The van der Waals surface area contributed by atoms with E-state index in [9.17, 15) is 0 Å². The normalized spacial score (nSPS) is 11.1. The molecule has 0 radical (unpaired) electrons. The summed E-state index contributed by atoms with van der Waals surface area (Å²) < 4.78 is 10.7. The fourth-order valence-corrected chi connectivity index (χ4v) is 4.16. The van der Waals surface area contributed by atoms with Gasteiger partial charge in [-0.1, -0.05) is 35.5 Å². The third kappa shape index (κ3) is 3.55. The Bertz CT molecular complexity index is 1070. The highest BCUT2D eigenvalue weighted by Crippen LogP contribution is 2.34. The Balaban J connectivity index is 1.78. The van der Waals surface area contributed by atoms with E-state index >= 15 is 0 Å². The number of pyridine rings is 1. The van der Waals surface area contributed by atoms with E-state index < -0.39 is 0 Å². The Morgan fingerprint density at radius 1 is 1.04 bits per heavy atom. The Kier molecular flexibility index (Phi) is 4.86. The van der Waals surface area contributed by atoms with Gasteiger partial charge in [-0.25, -0.2) is 4.98 Å². The number of fused-ring (bicyclic) bond motifs is 1. The smallest absolute Gasteiger partial charge is 0.137 e. The van der Waals surface area contributed by atoms with Gasteiger partial charge in [0.15, 0.2) is 0 Å². The van der Waals surface area contributed by atoms with Gasteiger partial charge < -0.3 is 9.26 Å². The monoisotopic (exact) mass is 376 g/mol. The zero-order valence-electron chi connectivity index (χ0n) is 15.5. The van der Waals surface area contributed by atoms with Crippen LogP contribution in [0, 0.1) is 13.8 Å². The first-order chi connectivity index (χ1) is 13.2. The van der Waals surface area contributed by atoms with E-state index in [2.05, 4.69) is 41.6 Å². The van der Waals surface area contributed by atoms with Gasteiger partial charge in [0.25, 0.3) is 0 Å². The lowest BCUT2D eigenvalue weighted by atomic mass is 10.0. The van der Waals surface area contributed by atoms with Crippen molar-refractivity contribution in [1.82, 2.24) is 10.1 Å². The van der Waals surface area contributed by atoms with Crippen molar-refractivity contribution in [1.29, 1.82) is 0 Å². The molecule has 0 bridgehead atoms. The minimum Gasteiger partial charge on any atom is -0.497 e. The molecule has 0 aliphatic heterocycles. The average molecular weight is 376 g/mol. The fraction of sp³-hybridized carbons (Fsp3) is 0.182. The number of nitrogens with zero attached hydrogens (tertiary/aromatic N) is 2. The Morgan fingerprint density at radius 2 is 1.85 bits per heavy atom. The fourth-order valence-electron chi connectivity index (χ4n) is 3.10. The molecule has 136 valence electrons. The Labute approximate surface area is 162 Å². The first kappa shape index (κ1) is 17.6. The van der Waals surface area contributed by atoms with E-state index in [1.807, 2.05) is 32.0 Å². The highest BCUT2D eigenvalue weighted by molar-refractivity contribution is 7.98. The summed E-state index contributed by atoms with van der Waals surface area (Å²) in [5, 5.41) is 6.12. The third-order valence-electron chi connectivity index (χ3n) is 4.62. The van der Waals surface area contributed by atoms with Crippen molar-refractivity contribution in [2.45, 2.75) is 24.6 Å². The molecule has 0 saturated carbocycles. The third-order valence-corrected chi connectivity index (χ3v) is 5.56. The molecule has 0 saturated heterocycles. The molecule has 0 fully saturated rings. The van der Waals surface area contributed by atoms with Crippen molar-refractivity contribution >= 4 is 22.7 Å². The summed E-state index contributed by atoms with van der Waals surface area (Å²) in [4.78, 5) is 4.86. The van der Waals surface area contributed by atoms with Gasteiger partial charge in [-0.15, -0.1) is 11.8 Å². The molecular weight excluding hydrogens is 356 g/mol. The molecule has 27 heavy (non-hydrogen) atoms. The van der Waals surface area contributed by atoms with Crippen molar-refractivity contribution in [2.75, 3.05) is 7.11 Å². The van der Waals surface area contributed by atoms with Crippen LogP contribution < -0.4 is 4.74 Å². The molecule has 0 amide bonds. The van der Waals surface area contributed by atoms with E-state index in [0.717, 1.165) is 44.4 Å². The molecule has 2 aromatic heterocycles. The van der Waals surface area contributed by atoms with Gasteiger partial charge in [0.2, 0.25) is 0 Å². The number of aryl methyl sites for hydroxylation is 2. The highest BCUT2D eigenvalue weighted by atomic mass is 32.2. The van der Waals surface area contributed by atoms with Gasteiger partial charge in [-0.2, -0.15) is 0 Å². The first-order valence-corrected chi connectivity index (χ1v) is 9.73. The first-order valence-electron chi connectivity index (χ1n) is 8.74. The summed E-state index contributed by atoms with van der Waals surface area (Å²) in [5.74, 6) is 2.45. The maximum Gasteiger partial charge on any atom is 0.137 e. The number of aromatic nitrogens is 2. The molecule has 0 unspecified atom stereocenters. The minimum absolute atomic E-state index is 0.776. The maximum atomic E-state index is 5.39. The summed E-state index contributed by atoms with van der Waals surface area (Å²) >= 11 is 1.69. The van der Waals surface area contributed by atoms with E-state index in [0.29, 0.717) is 0 Å². The minimum atomic E-state index is 0.776. The van der Waals surface area contributed by atoms with Gasteiger partial charge in [-0.3, -0.25) is 0 Å². The van der Waals surface area contributed by atoms with Crippen LogP contribution in [0.3, 0.4) is 0 Å². The second-order valence-electron chi connectivity index (χ2n) is 6.35. The number of benzene rings is 2. The van der Waals surface area contributed by atoms with Gasteiger partial charge in [0.05, 0.1) is 23.3 Å². The lowest BCUT2D eigenvalue weighted by molar-refractivity contribution is 0.392. The van der Waals surface area contributed by atoms with Crippen LogP contribution in [0.5, 0.6) is 5.75 Å². The summed E-state index contributed by atoms with van der Waals surface area (Å²) in [6.07, 6.45) is 0. The molecule has 4 aromatic rings. The van der Waals surface area contributed by atoms with Crippen molar-refractivity contribution in [2.24, 2.45) is 0 Å². The second-order valence-corrected chi connectivity index (χ2v) is 7.34. The number of hydrogen-bond acceptors (Lipinski definition) is 5. The molecule has 0 atom stereocenters. The molecule has 4 nitrogen and oxygen atoms in total. The maximum absolute atomic E-state index is 5.39. The lowest BCUT2D eigenvalue weighted by Gasteiger charge is -2.11. The van der Waals surface area contributed by atoms with Crippen molar-refractivity contribution in [3.63, 3.8) is 0 Å². The van der Waals surface area contributed by atoms with Crippen LogP contribution in [-0.4, -0.2) is 17.3 Å². The van der Waals surface area contributed by atoms with Crippen LogP contribution in [0.4, 0.5) is 0 Å². The van der Waals surface area contributed by atoms with Crippen molar-refractivity contribution in [3.05, 3.63) is 71.6 Å². The Morgan fingerprint density at radius 3 is 2.56 bits per heavy atom.